The van der Waals surface area contributed by atoms with Crippen molar-refractivity contribution in [2.75, 3.05) is 14.2 Å². The molecule has 0 atom stereocenters. The fourth-order valence-corrected chi connectivity index (χ4v) is 2.62. The molecule has 17 heavy (non-hydrogen) atoms. The van der Waals surface area contributed by atoms with Crippen molar-refractivity contribution in [3.63, 3.8) is 0 Å². The molecule has 3 nitrogen and oxygen atoms in total. The molecular weight excluding hydrogens is 282 g/mol. The minimum Gasteiger partial charge on any atom is -0.495 e. The molecule has 0 amide bonds. The van der Waals surface area contributed by atoms with E-state index in [1.54, 1.807) is 14.2 Å². The van der Waals surface area contributed by atoms with Gasteiger partial charge in [-0.2, -0.15) is 0 Å². The van der Waals surface area contributed by atoms with Crippen LogP contribution in [0.25, 0.3) is 0 Å². The standard InChI is InChI=1S/C13H20BrNO2/c1-6-8-7-9(13(2,3)15)12(17-5)10(14)11(8)16-4/h7H,6,15H2,1-5H3. The van der Waals surface area contributed by atoms with Crippen LogP contribution >= 0.6 is 15.9 Å². The number of halogens is 1. The van der Waals surface area contributed by atoms with E-state index in [9.17, 15) is 0 Å². The monoisotopic (exact) mass is 301 g/mol. The molecule has 4 heteroatoms. The fourth-order valence-electron chi connectivity index (χ4n) is 1.83. The topological polar surface area (TPSA) is 44.5 Å². The molecule has 0 heterocycles. The Morgan fingerprint density at radius 3 is 2.12 bits per heavy atom. The van der Waals surface area contributed by atoms with Gasteiger partial charge in [0.2, 0.25) is 0 Å². The molecule has 1 rings (SSSR count). The van der Waals surface area contributed by atoms with E-state index in [0.29, 0.717) is 0 Å². The van der Waals surface area contributed by atoms with E-state index in [-0.39, 0.29) is 0 Å². The molecule has 0 bridgehead atoms. The zero-order valence-electron chi connectivity index (χ0n) is 11.1. The number of rotatable bonds is 4. The minimum absolute atomic E-state index is 0.454. The van der Waals surface area contributed by atoms with Crippen LogP contribution in [-0.2, 0) is 12.0 Å². The van der Waals surface area contributed by atoms with Gasteiger partial charge in [0, 0.05) is 11.1 Å². The summed E-state index contributed by atoms with van der Waals surface area (Å²) in [6.07, 6.45) is 0.884. The van der Waals surface area contributed by atoms with Gasteiger partial charge in [0.1, 0.15) is 16.0 Å². The van der Waals surface area contributed by atoms with E-state index in [4.69, 9.17) is 15.2 Å². The smallest absolute Gasteiger partial charge is 0.141 e. The number of aryl methyl sites for hydroxylation is 1. The summed E-state index contributed by atoms with van der Waals surface area (Å²) >= 11 is 3.53. The van der Waals surface area contributed by atoms with Gasteiger partial charge in [-0.1, -0.05) is 6.92 Å². The predicted octanol–water partition coefficient (Wildman–Crippen LogP) is 3.22. The summed E-state index contributed by atoms with van der Waals surface area (Å²) in [5.74, 6) is 1.56. The molecule has 0 spiro atoms. The lowest BCUT2D eigenvalue weighted by atomic mass is 9.92. The zero-order chi connectivity index (χ0) is 13.2. The van der Waals surface area contributed by atoms with Crippen LogP contribution in [0.15, 0.2) is 10.5 Å². The molecule has 0 fully saturated rings. The lowest BCUT2D eigenvalue weighted by Crippen LogP contribution is -2.29. The largest absolute Gasteiger partial charge is 0.495 e. The second kappa shape index (κ2) is 5.27. The van der Waals surface area contributed by atoms with Gasteiger partial charge in [-0.15, -0.1) is 0 Å². The zero-order valence-corrected chi connectivity index (χ0v) is 12.6. The van der Waals surface area contributed by atoms with Crippen LogP contribution in [0, 0.1) is 0 Å². The maximum atomic E-state index is 6.18. The van der Waals surface area contributed by atoms with Crippen molar-refractivity contribution in [1.29, 1.82) is 0 Å². The SMILES string of the molecule is CCc1cc(C(C)(C)N)c(OC)c(Br)c1OC. The molecule has 0 unspecified atom stereocenters. The number of ether oxygens (including phenoxy) is 2. The molecular formula is C13H20BrNO2. The first-order valence-electron chi connectivity index (χ1n) is 5.59. The number of hydrogen-bond donors (Lipinski definition) is 1. The highest BCUT2D eigenvalue weighted by molar-refractivity contribution is 9.10. The Balaban J connectivity index is 3.57. The molecule has 0 radical (unpaired) electrons. The second-order valence-corrected chi connectivity index (χ2v) is 5.33. The van der Waals surface area contributed by atoms with Gasteiger partial charge < -0.3 is 15.2 Å². The van der Waals surface area contributed by atoms with Crippen molar-refractivity contribution in [2.45, 2.75) is 32.7 Å². The van der Waals surface area contributed by atoms with Crippen LogP contribution in [0.5, 0.6) is 11.5 Å². The predicted molar refractivity (Wildman–Crippen MR) is 73.8 cm³/mol. The summed E-state index contributed by atoms with van der Waals surface area (Å²) in [7, 11) is 3.30. The third-order valence-corrected chi connectivity index (χ3v) is 3.46. The molecule has 0 aromatic heterocycles. The fraction of sp³-hybridized carbons (Fsp3) is 0.538. The summed E-state index contributed by atoms with van der Waals surface area (Å²) in [5.41, 5.74) is 7.82. The highest BCUT2D eigenvalue weighted by Crippen LogP contribution is 2.43. The molecule has 0 saturated carbocycles. The van der Waals surface area contributed by atoms with Gasteiger partial charge in [0.05, 0.1) is 14.2 Å². The highest BCUT2D eigenvalue weighted by Gasteiger charge is 2.25. The van der Waals surface area contributed by atoms with Crippen molar-refractivity contribution in [3.8, 4) is 11.5 Å². The molecule has 0 aliphatic heterocycles. The lowest BCUT2D eigenvalue weighted by molar-refractivity contribution is 0.374. The Labute approximate surface area is 111 Å². The Morgan fingerprint density at radius 2 is 1.76 bits per heavy atom. The van der Waals surface area contributed by atoms with E-state index < -0.39 is 5.54 Å². The average Bonchev–Trinajstić information content (AvgIpc) is 2.26. The van der Waals surface area contributed by atoms with Crippen molar-refractivity contribution >= 4 is 15.9 Å². The molecule has 1 aromatic carbocycles. The summed E-state index contributed by atoms with van der Waals surface area (Å²) in [4.78, 5) is 0. The summed E-state index contributed by atoms with van der Waals surface area (Å²) in [6, 6.07) is 2.06. The van der Waals surface area contributed by atoms with Crippen molar-refractivity contribution in [1.82, 2.24) is 0 Å². The number of hydrogen-bond acceptors (Lipinski definition) is 3. The Bertz CT molecular complexity index is 411. The van der Waals surface area contributed by atoms with Crippen molar-refractivity contribution < 1.29 is 9.47 Å². The van der Waals surface area contributed by atoms with E-state index in [1.807, 2.05) is 13.8 Å². The second-order valence-electron chi connectivity index (χ2n) is 4.54. The van der Waals surface area contributed by atoms with Gasteiger partial charge in [0.15, 0.2) is 0 Å². The minimum atomic E-state index is -0.454. The highest BCUT2D eigenvalue weighted by atomic mass is 79.9. The normalized spacial score (nSPS) is 11.5. The number of benzene rings is 1. The van der Waals surface area contributed by atoms with Gasteiger partial charge >= 0.3 is 0 Å². The third-order valence-electron chi connectivity index (χ3n) is 2.74. The molecule has 0 saturated heterocycles. The lowest BCUT2D eigenvalue weighted by Gasteiger charge is -2.25. The number of nitrogens with two attached hydrogens (primary N) is 1. The average molecular weight is 302 g/mol. The first kappa shape index (κ1) is 14.3. The summed E-state index contributed by atoms with van der Waals surface area (Å²) < 4.78 is 11.7. The van der Waals surface area contributed by atoms with Crippen LogP contribution in [0.1, 0.15) is 31.9 Å². The number of methoxy groups -OCH3 is 2. The first-order chi connectivity index (χ1) is 7.86. The van der Waals surface area contributed by atoms with Gasteiger partial charge in [0.25, 0.3) is 0 Å². The Kier molecular flexibility index (Phi) is 4.44. The molecule has 0 aliphatic carbocycles. The van der Waals surface area contributed by atoms with Crippen LogP contribution in [-0.4, -0.2) is 14.2 Å². The first-order valence-corrected chi connectivity index (χ1v) is 6.38. The third kappa shape index (κ3) is 2.75. The quantitative estimate of drug-likeness (QED) is 0.928. The van der Waals surface area contributed by atoms with Crippen LogP contribution < -0.4 is 15.2 Å². The van der Waals surface area contributed by atoms with E-state index in [0.717, 1.165) is 33.5 Å². The van der Waals surface area contributed by atoms with Crippen molar-refractivity contribution in [3.05, 3.63) is 21.7 Å². The molecule has 2 N–H and O–H groups in total. The molecule has 0 aliphatic rings. The summed E-state index contributed by atoms with van der Waals surface area (Å²) in [5, 5.41) is 0. The summed E-state index contributed by atoms with van der Waals surface area (Å²) in [6.45, 7) is 6.01. The maximum absolute atomic E-state index is 6.18. The van der Waals surface area contributed by atoms with E-state index >= 15 is 0 Å². The maximum Gasteiger partial charge on any atom is 0.141 e. The van der Waals surface area contributed by atoms with E-state index in [1.165, 1.54) is 0 Å². The van der Waals surface area contributed by atoms with Gasteiger partial charge in [-0.3, -0.25) is 0 Å². The van der Waals surface area contributed by atoms with Crippen LogP contribution in [0.2, 0.25) is 0 Å². The van der Waals surface area contributed by atoms with Crippen LogP contribution in [0.4, 0.5) is 0 Å². The van der Waals surface area contributed by atoms with Gasteiger partial charge in [-0.05, 0) is 47.8 Å². The van der Waals surface area contributed by atoms with Gasteiger partial charge in [-0.25, -0.2) is 0 Å². The Hall–Kier alpha value is -0.740. The van der Waals surface area contributed by atoms with Crippen LogP contribution in [0.3, 0.4) is 0 Å². The molecule has 1 aromatic rings. The van der Waals surface area contributed by atoms with E-state index in [2.05, 4.69) is 28.9 Å². The Morgan fingerprint density at radius 1 is 1.24 bits per heavy atom. The molecule has 96 valence electrons. The van der Waals surface area contributed by atoms with Crippen molar-refractivity contribution in [2.24, 2.45) is 5.73 Å².